The molecule has 13 rings (SSSR count). The molecule has 0 fully saturated rings. The molecule has 10 aromatic carbocycles. The summed E-state index contributed by atoms with van der Waals surface area (Å²) in [5, 5.41) is 9.05. The summed E-state index contributed by atoms with van der Waals surface area (Å²) in [6, 6.07) is 71.7. The molecule has 0 unspecified atom stereocenters. The Kier molecular flexibility index (Phi) is 6.78. The lowest BCUT2D eigenvalue weighted by Crippen LogP contribution is -2.57. The van der Waals surface area contributed by atoms with E-state index < -0.39 is 0 Å². The zero-order valence-corrected chi connectivity index (χ0v) is 31.8. The number of rotatable bonds is 4. The fourth-order valence-corrected chi connectivity index (χ4v) is 9.94. The van der Waals surface area contributed by atoms with E-state index in [2.05, 4.69) is 210 Å². The molecule has 59 heavy (non-hydrogen) atoms. The SMILES string of the molecule is c1ccc(N(c2ccccc2)c2cc3c(c4ccccc24)c2cc4c5c(c2n3-c2ccccc2)Oc2c(ccc3ccccc23)B5c2ccc3ccccc3c2O4)cc1. The van der Waals surface area contributed by atoms with Gasteiger partial charge in [-0.1, -0.05) is 152 Å². The summed E-state index contributed by atoms with van der Waals surface area (Å²) in [7, 11) is 0. The van der Waals surface area contributed by atoms with E-state index in [0.717, 1.165) is 116 Å². The molecule has 0 saturated carbocycles. The fraction of sp³-hybridized carbons (Fsp3) is 0. The first-order valence-corrected chi connectivity index (χ1v) is 20.2. The van der Waals surface area contributed by atoms with Crippen molar-refractivity contribution in [3.8, 4) is 28.7 Å². The number of benzene rings is 10. The van der Waals surface area contributed by atoms with Crippen molar-refractivity contribution >= 4 is 94.3 Å². The van der Waals surface area contributed by atoms with Crippen molar-refractivity contribution in [3.63, 3.8) is 0 Å². The molecule has 0 saturated heterocycles. The van der Waals surface area contributed by atoms with Gasteiger partial charge in [-0.15, -0.1) is 0 Å². The summed E-state index contributed by atoms with van der Waals surface area (Å²) in [6.45, 7) is -0.104. The van der Waals surface area contributed by atoms with Crippen LogP contribution in [0.4, 0.5) is 17.1 Å². The van der Waals surface area contributed by atoms with Gasteiger partial charge in [-0.2, -0.15) is 0 Å². The Labute approximate surface area is 340 Å². The van der Waals surface area contributed by atoms with Crippen LogP contribution in [0.25, 0.3) is 59.8 Å². The minimum absolute atomic E-state index is 0.104. The topological polar surface area (TPSA) is 26.6 Å². The van der Waals surface area contributed by atoms with Crippen LogP contribution in [-0.4, -0.2) is 11.3 Å². The normalized spacial score (nSPS) is 12.6. The van der Waals surface area contributed by atoms with Crippen LogP contribution in [-0.2, 0) is 0 Å². The van der Waals surface area contributed by atoms with Gasteiger partial charge < -0.3 is 18.9 Å². The van der Waals surface area contributed by atoms with Crippen LogP contribution < -0.4 is 30.8 Å². The quantitative estimate of drug-likeness (QED) is 0.168. The van der Waals surface area contributed by atoms with Gasteiger partial charge >= 0.3 is 0 Å². The highest BCUT2D eigenvalue weighted by atomic mass is 16.5. The first-order chi connectivity index (χ1) is 29.3. The molecule has 0 bridgehead atoms. The number of nitrogens with zero attached hydrogens (tertiary/aromatic N) is 2. The highest BCUT2D eigenvalue weighted by Crippen LogP contribution is 2.50. The maximum absolute atomic E-state index is 7.46. The van der Waals surface area contributed by atoms with E-state index in [9.17, 15) is 0 Å². The molecule has 4 nitrogen and oxygen atoms in total. The second kappa shape index (κ2) is 12.4. The van der Waals surface area contributed by atoms with Crippen molar-refractivity contribution in [2.45, 2.75) is 0 Å². The van der Waals surface area contributed by atoms with Crippen LogP contribution >= 0.6 is 0 Å². The van der Waals surface area contributed by atoms with Gasteiger partial charge in [0.1, 0.15) is 17.2 Å². The van der Waals surface area contributed by atoms with Crippen LogP contribution in [0.5, 0.6) is 23.0 Å². The highest BCUT2D eigenvalue weighted by Gasteiger charge is 2.43. The van der Waals surface area contributed by atoms with Gasteiger partial charge in [0.2, 0.25) is 0 Å². The second-order valence-electron chi connectivity index (χ2n) is 15.6. The average Bonchev–Trinajstić information content (AvgIpc) is 3.64. The zero-order valence-electron chi connectivity index (χ0n) is 31.8. The van der Waals surface area contributed by atoms with E-state index in [1.165, 1.54) is 0 Å². The number of ether oxygens (including phenoxy) is 2. The highest BCUT2D eigenvalue weighted by molar-refractivity contribution is 6.98. The summed E-state index contributed by atoms with van der Waals surface area (Å²) in [5.74, 6) is 3.47. The Morgan fingerprint density at radius 2 is 0.949 bits per heavy atom. The first kappa shape index (κ1) is 32.3. The third kappa shape index (κ3) is 4.61. The van der Waals surface area contributed by atoms with Crippen molar-refractivity contribution in [1.29, 1.82) is 0 Å². The molecule has 0 radical (unpaired) electrons. The maximum atomic E-state index is 7.46. The summed E-state index contributed by atoms with van der Waals surface area (Å²) < 4.78 is 17.1. The number of para-hydroxylation sites is 3. The van der Waals surface area contributed by atoms with Crippen molar-refractivity contribution < 1.29 is 9.47 Å². The van der Waals surface area contributed by atoms with Gasteiger partial charge in [0.15, 0.2) is 5.75 Å². The Bertz CT molecular complexity index is 3460. The summed E-state index contributed by atoms with van der Waals surface area (Å²) >= 11 is 0. The molecule has 11 aromatic rings. The van der Waals surface area contributed by atoms with Gasteiger partial charge in [0, 0.05) is 49.5 Å². The number of aromatic nitrogens is 1. The van der Waals surface area contributed by atoms with Gasteiger partial charge in [0.05, 0.1) is 16.7 Å². The molecule has 1 aromatic heterocycles. The van der Waals surface area contributed by atoms with E-state index in [-0.39, 0.29) is 6.71 Å². The molecule has 5 heteroatoms. The van der Waals surface area contributed by atoms with Crippen LogP contribution in [0.2, 0.25) is 0 Å². The molecule has 2 aliphatic heterocycles. The van der Waals surface area contributed by atoms with Gasteiger partial charge in [-0.3, -0.25) is 0 Å². The molecule has 2 aliphatic rings. The molecule has 0 N–H and O–H groups in total. The van der Waals surface area contributed by atoms with E-state index >= 15 is 0 Å². The van der Waals surface area contributed by atoms with E-state index in [0.29, 0.717) is 0 Å². The summed E-state index contributed by atoms with van der Waals surface area (Å²) in [5.41, 5.74) is 9.78. The Hall–Kier alpha value is -7.76. The predicted molar refractivity (Wildman–Crippen MR) is 246 cm³/mol. The molecule has 0 atom stereocenters. The number of hydrogen-bond acceptors (Lipinski definition) is 3. The lowest BCUT2D eigenvalue weighted by molar-refractivity contribution is 0.473. The average molecular weight is 753 g/mol. The Balaban J connectivity index is 1.21. The van der Waals surface area contributed by atoms with Crippen LogP contribution in [0.3, 0.4) is 0 Å². The molecule has 0 aliphatic carbocycles. The van der Waals surface area contributed by atoms with Crippen LogP contribution in [0.15, 0.2) is 200 Å². The van der Waals surface area contributed by atoms with Gasteiger partial charge in [-0.05, 0) is 75.6 Å². The lowest BCUT2D eigenvalue weighted by atomic mass is 9.34. The van der Waals surface area contributed by atoms with Crippen molar-refractivity contribution in [1.82, 2.24) is 4.57 Å². The van der Waals surface area contributed by atoms with E-state index in [1.807, 2.05) is 0 Å². The third-order valence-corrected chi connectivity index (χ3v) is 12.4. The molecule has 274 valence electrons. The minimum atomic E-state index is -0.104. The van der Waals surface area contributed by atoms with Crippen molar-refractivity contribution in [2.75, 3.05) is 4.90 Å². The zero-order chi connectivity index (χ0) is 38.6. The number of fused-ring (bicyclic) bond motifs is 14. The Morgan fingerprint density at radius 3 is 1.58 bits per heavy atom. The van der Waals surface area contributed by atoms with E-state index in [1.54, 1.807) is 0 Å². The van der Waals surface area contributed by atoms with Crippen molar-refractivity contribution in [2.24, 2.45) is 0 Å². The molecular formula is C54H33BN2O2. The largest absolute Gasteiger partial charge is 0.458 e. The minimum Gasteiger partial charge on any atom is -0.458 e. The molecule has 0 spiro atoms. The van der Waals surface area contributed by atoms with E-state index in [4.69, 9.17) is 9.47 Å². The number of anilines is 3. The standard InChI is InChI=1S/C54H33BN2O2/c1-4-18-36(19-5-1)56(37-20-6-2-7-21-37)46-33-47-49(42-27-15-14-26-41(42)46)43-32-48-50-54(51(43)57(47)38-22-8-3-9-23-38)59-53-40-25-13-11-17-35(40)29-31-45(53)55(50)44-30-28-34-16-10-12-24-39(34)52(44)58-48/h1-33H. The van der Waals surface area contributed by atoms with Crippen LogP contribution in [0, 0.1) is 0 Å². The fourth-order valence-electron chi connectivity index (χ4n) is 9.94. The second-order valence-corrected chi connectivity index (χ2v) is 15.6. The molecular weight excluding hydrogens is 719 g/mol. The first-order valence-electron chi connectivity index (χ1n) is 20.2. The van der Waals surface area contributed by atoms with Crippen molar-refractivity contribution in [3.05, 3.63) is 200 Å². The summed E-state index contributed by atoms with van der Waals surface area (Å²) in [4.78, 5) is 2.38. The smallest absolute Gasteiger partial charge is 0.260 e. The summed E-state index contributed by atoms with van der Waals surface area (Å²) in [6.07, 6.45) is 0. The molecule has 0 amide bonds. The molecule has 3 heterocycles. The number of hydrogen-bond donors (Lipinski definition) is 0. The van der Waals surface area contributed by atoms with Crippen LogP contribution in [0.1, 0.15) is 0 Å². The van der Waals surface area contributed by atoms with Gasteiger partial charge in [-0.25, -0.2) is 0 Å². The lowest BCUT2D eigenvalue weighted by Gasteiger charge is -2.34. The van der Waals surface area contributed by atoms with Gasteiger partial charge in [0.25, 0.3) is 6.71 Å². The Morgan fingerprint density at radius 1 is 0.424 bits per heavy atom. The predicted octanol–water partition coefficient (Wildman–Crippen LogP) is 12.4. The maximum Gasteiger partial charge on any atom is 0.260 e. The monoisotopic (exact) mass is 752 g/mol. The third-order valence-electron chi connectivity index (χ3n) is 12.4.